The highest BCUT2D eigenvalue weighted by Crippen LogP contribution is 2.34. The van der Waals surface area contributed by atoms with E-state index in [4.69, 9.17) is 15.7 Å². The normalized spacial score (nSPS) is 11.8. The quantitative estimate of drug-likeness (QED) is 0.213. The lowest BCUT2D eigenvalue weighted by atomic mass is 10.1. The first kappa shape index (κ1) is 26.6. The van der Waals surface area contributed by atoms with Gasteiger partial charge in [-0.05, 0) is 78.9 Å². The maximum Gasteiger partial charge on any atom is 0.138 e. The Bertz CT molecular complexity index is 2340. The number of hydrogen-bond donors (Lipinski definition) is 1. The first-order valence-electron chi connectivity index (χ1n) is 15.1. The van der Waals surface area contributed by atoms with Gasteiger partial charge in [-0.2, -0.15) is 0 Å². The van der Waals surface area contributed by atoms with Crippen molar-refractivity contribution in [3.05, 3.63) is 145 Å². The molecule has 216 valence electrons. The van der Waals surface area contributed by atoms with E-state index in [2.05, 4.69) is 106 Å². The summed E-state index contributed by atoms with van der Waals surface area (Å²) in [6.45, 7) is 2.17. The Kier molecular flexibility index (Phi) is 6.46. The molecule has 0 amide bonds. The molecular formula is C39H30N6. The molecule has 45 heavy (non-hydrogen) atoms. The summed E-state index contributed by atoms with van der Waals surface area (Å²) in [6, 6.07) is 39.7. The van der Waals surface area contributed by atoms with Crippen molar-refractivity contribution in [2.75, 3.05) is 0 Å². The summed E-state index contributed by atoms with van der Waals surface area (Å²) < 4.78 is 4.49. The number of nitrogens with zero attached hydrogens (tertiary/aromatic N) is 5. The van der Waals surface area contributed by atoms with E-state index in [0.717, 1.165) is 68.2 Å². The Morgan fingerprint density at radius 3 is 2.16 bits per heavy atom. The molecule has 0 aliphatic heterocycles. The van der Waals surface area contributed by atoms with E-state index >= 15 is 0 Å². The molecule has 5 heterocycles. The van der Waals surface area contributed by atoms with Crippen LogP contribution >= 0.6 is 0 Å². The van der Waals surface area contributed by atoms with Crippen molar-refractivity contribution >= 4 is 38.8 Å². The fraction of sp³-hybridized carbons (Fsp3) is 0.0513. The third-order valence-corrected chi connectivity index (χ3v) is 8.48. The van der Waals surface area contributed by atoms with Gasteiger partial charge in [0, 0.05) is 39.8 Å². The number of hydrogen-bond acceptors (Lipinski definition) is 4. The highest BCUT2D eigenvalue weighted by Gasteiger charge is 2.17. The summed E-state index contributed by atoms with van der Waals surface area (Å²) in [7, 11) is 0. The predicted octanol–water partition coefficient (Wildman–Crippen LogP) is 8.74. The monoisotopic (exact) mass is 582 g/mol. The van der Waals surface area contributed by atoms with Gasteiger partial charge in [-0.3, -0.25) is 9.55 Å². The van der Waals surface area contributed by atoms with Crippen LogP contribution in [0, 0.1) is 0 Å². The molecule has 0 aliphatic rings. The summed E-state index contributed by atoms with van der Waals surface area (Å²) in [5, 5.41) is 3.53. The standard InChI is InChI=1S/C39H30N6/c1-2-28-29-12-3-6-18-36(29)45(37(28)20-22-40)39-19-9-16-34(43-39)33-15-8-14-32(42-33)26-10-7-11-27(24-26)44-35-17-5-4-13-30(35)31-25-41-23-21-38(31)44/h3-25H,2,40H2,1H3/b22-20-. The Morgan fingerprint density at radius 2 is 1.33 bits per heavy atom. The number of para-hydroxylation sites is 2. The third kappa shape index (κ3) is 4.38. The minimum atomic E-state index is 0.805. The Labute approximate surface area is 260 Å². The molecule has 0 aliphatic carbocycles. The van der Waals surface area contributed by atoms with Crippen molar-refractivity contribution in [1.82, 2.24) is 24.1 Å². The van der Waals surface area contributed by atoms with E-state index in [0.29, 0.717) is 0 Å². The topological polar surface area (TPSA) is 74.5 Å². The second kappa shape index (κ2) is 10.9. The second-order valence-electron chi connectivity index (χ2n) is 11.0. The van der Waals surface area contributed by atoms with Crippen molar-refractivity contribution in [2.45, 2.75) is 13.3 Å². The molecule has 0 bridgehead atoms. The van der Waals surface area contributed by atoms with Crippen LogP contribution in [0.25, 0.3) is 72.9 Å². The molecule has 5 aromatic heterocycles. The van der Waals surface area contributed by atoms with Gasteiger partial charge in [-0.1, -0.05) is 67.6 Å². The molecule has 0 radical (unpaired) electrons. The summed E-state index contributed by atoms with van der Waals surface area (Å²) in [5.41, 5.74) is 16.2. The maximum absolute atomic E-state index is 5.91. The van der Waals surface area contributed by atoms with Crippen molar-refractivity contribution in [3.63, 3.8) is 0 Å². The molecule has 6 nitrogen and oxygen atoms in total. The average Bonchev–Trinajstić information content (AvgIpc) is 3.61. The van der Waals surface area contributed by atoms with Crippen LogP contribution < -0.4 is 5.73 Å². The fourth-order valence-electron chi connectivity index (χ4n) is 6.54. The summed E-state index contributed by atoms with van der Waals surface area (Å²) >= 11 is 0. The second-order valence-corrected chi connectivity index (χ2v) is 11.0. The lowest BCUT2D eigenvalue weighted by Gasteiger charge is -2.12. The van der Waals surface area contributed by atoms with Crippen LogP contribution in [-0.4, -0.2) is 24.1 Å². The first-order valence-corrected chi connectivity index (χ1v) is 15.1. The van der Waals surface area contributed by atoms with Crippen LogP contribution in [0.3, 0.4) is 0 Å². The largest absolute Gasteiger partial charge is 0.405 e. The number of benzene rings is 3. The van der Waals surface area contributed by atoms with Gasteiger partial charge in [0.25, 0.3) is 0 Å². The van der Waals surface area contributed by atoms with E-state index in [9.17, 15) is 0 Å². The molecule has 0 unspecified atom stereocenters. The molecule has 0 saturated carbocycles. The van der Waals surface area contributed by atoms with Crippen LogP contribution in [0.5, 0.6) is 0 Å². The van der Waals surface area contributed by atoms with E-state index in [1.165, 1.54) is 16.3 Å². The maximum atomic E-state index is 5.91. The molecule has 0 fully saturated rings. The van der Waals surface area contributed by atoms with E-state index in [1.807, 2.05) is 48.8 Å². The number of fused-ring (bicyclic) bond motifs is 4. The van der Waals surface area contributed by atoms with E-state index < -0.39 is 0 Å². The molecule has 6 heteroatoms. The zero-order valence-corrected chi connectivity index (χ0v) is 24.8. The number of aryl methyl sites for hydroxylation is 1. The minimum Gasteiger partial charge on any atom is -0.405 e. The van der Waals surface area contributed by atoms with Crippen LogP contribution in [0.15, 0.2) is 134 Å². The molecule has 3 aromatic carbocycles. The van der Waals surface area contributed by atoms with Gasteiger partial charge >= 0.3 is 0 Å². The van der Waals surface area contributed by atoms with Gasteiger partial charge in [0.15, 0.2) is 0 Å². The van der Waals surface area contributed by atoms with Crippen LogP contribution in [0.2, 0.25) is 0 Å². The van der Waals surface area contributed by atoms with Crippen molar-refractivity contribution in [1.29, 1.82) is 0 Å². The molecular weight excluding hydrogens is 552 g/mol. The average molecular weight is 583 g/mol. The van der Waals surface area contributed by atoms with Gasteiger partial charge in [0.1, 0.15) is 5.82 Å². The van der Waals surface area contributed by atoms with Crippen LogP contribution in [-0.2, 0) is 6.42 Å². The highest BCUT2D eigenvalue weighted by molar-refractivity contribution is 6.08. The van der Waals surface area contributed by atoms with Crippen molar-refractivity contribution in [3.8, 4) is 34.2 Å². The van der Waals surface area contributed by atoms with Gasteiger partial charge in [0.05, 0.1) is 39.3 Å². The Morgan fingerprint density at radius 1 is 0.644 bits per heavy atom. The summed E-state index contributed by atoms with van der Waals surface area (Å²) in [6.07, 6.45) is 8.25. The SMILES string of the molecule is CCc1c(/C=C\N)n(-c2cccc(-c3cccc(-c4cccc(-n5c6ccccc6c6cnccc65)c4)n3)n2)c2ccccc12. The van der Waals surface area contributed by atoms with Gasteiger partial charge in [-0.25, -0.2) is 9.97 Å². The number of pyridine rings is 3. The lowest BCUT2D eigenvalue weighted by Crippen LogP contribution is -2.02. The van der Waals surface area contributed by atoms with Crippen molar-refractivity contribution < 1.29 is 0 Å². The summed E-state index contributed by atoms with van der Waals surface area (Å²) in [5.74, 6) is 0.826. The molecule has 2 N–H and O–H groups in total. The number of aromatic nitrogens is 5. The van der Waals surface area contributed by atoms with E-state index in [-0.39, 0.29) is 0 Å². The molecule has 0 atom stereocenters. The zero-order valence-electron chi connectivity index (χ0n) is 24.8. The van der Waals surface area contributed by atoms with Crippen LogP contribution in [0.1, 0.15) is 18.2 Å². The lowest BCUT2D eigenvalue weighted by molar-refractivity contribution is 1.01. The van der Waals surface area contributed by atoms with Crippen molar-refractivity contribution in [2.24, 2.45) is 5.73 Å². The van der Waals surface area contributed by atoms with Gasteiger partial charge < -0.3 is 10.3 Å². The smallest absolute Gasteiger partial charge is 0.138 e. The highest BCUT2D eigenvalue weighted by atomic mass is 15.1. The Balaban J connectivity index is 1.22. The van der Waals surface area contributed by atoms with Crippen LogP contribution in [0.4, 0.5) is 0 Å². The molecule has 8 aromatic rings. The molecule has 0 saturated heterocycles. The molecule has 0 spiro atoms. The summed E-state index contributed by atoms with van der Waals surface area (Å²) in [4.78, 5) is 14.6. The number of rotatable bonds is 6. The fourth-order valence-corrected chi connectivity index (χ4v) is 6.54. The zero-order chi connectivity index (χ0) is 30.3. The number of nitrogens with two attached hydrogens (primary N) is 1. The third-order valence-electron chi connectivity index (χ3n) is 8.48. The molecule has 8 rings (SSSR count). The van der Waals surface area contributed by atoms with Gasteiger partial charge in [0.2, 0.25) is 0 Å². The Hall–Kier alpha value is -6.01. The van der Waals surface area contributed by atoms with Gasteiger partial charge in [-0.15, -0.1) is 0 Å². The van der Waals surface area contributed by atoms with E-state index in [1.54, 1.807) is 6.20 Å². The minimum absolute atomic E-state index is 0.805. The first-order chi connectivity index (χ1) is 22.2. The predicted molar refractivity (Wildman–Crippen MR) is 184 cm³/mol.